The van der Waals surface area contributed by atoms with Gasteiger partial charge >= 0.3 is 0 Å². The number of hydrogen-bond acceptors (Lipinski definition) is 2. The second-order valence-corrected chi connectivity index (χ2v) is 9.42. The van der Waals surface area contributed by atoms with E-state index < -0.39 is 0 Å². The lowest BCUT2D eigenvalue weighted by molar-refractivity contribution is -0.123. The maximum Gasteiger partial charge on any atom is 0.261 e. The molecular weight excluding hydrogens is 296 g/mol. The van der Waals surface area contributed by atoms with Crippen molar-refractivity contribution >= 4 is 5.91 Å². The maximum absolute atomic E-state index is 12.5. The van der Waals surface area contributed by atoms with Crippen molar-refractivity contribution in [1.82, 2.24) is 10.9 Å². The second kappa shape index (κ2) is 5.86. The zero-order valence-corrected chi connectivity index (χ0v) is 15.7. The van der Waals surface area contributed by atoms with E-state index in [1.54, 1.807) is 7.05 Å². The van der Waals surface area contributed by atoms with Crippen LogP contribution in [-0.2, 0) is 4.79 Å². The van der Waals surface area contributed by atoms with Gasteiger partial charge in [0.15, 0.2) is 0 Å². The molecule has 3 nitrogen and oxygen atoms in total. The molecule has 1 amide bonds. The Bertz CT molecular complexity index is 556. The molecule has 24 heavy (non-hydrogen) atoms. The van der Waals surface area contributed by atoms with Gasteiger partial charge in [0.05, 0.1) is 0 Å². The molecule has 0 aliphatic heterocycles. The van der Waals surface area contributed by atoms with Gasteiger partial charge in [-0.15, -0.1) is 0 Å². The molecule has 0 aromatic rings. The summed E-state index contributed by atoms with van der Waals surface area (Å²) in [6.07, 6.45) is 14.5. The monoisotopic (exact) mass is 330 g/mol. The maximum atomic E-state index is 12.5. The van der Waals surface area contributed by atoms with Crippen LogP contribution in [0.2, 0.25) is 0 Å². The summed E-state index contributed by atoms with van der Waals surface area (Å²) in [6, 6.07) is 0. The lowest BCUT2D eigenvalue weighted by atomic mass is 9.45. The Morgan fingerprint density at radius 2 is 1.92 bits per heavy atom. The number of hydrazine groups is 1. The lowest BCUT2D eigenvalue weighted by Gasteiger charge is -2.60. The Kier molecular flexibility index (Phi) is 4.06. The number of rotatable bonds is 2. The first-order chi connectivity index (χ1) is 11.5. The largest absolute Gasteiger partial charge is 0.288 e. The number of nitrogens with one attached hydrogen (secondary N) is 2. The van der Waals surface area contributed by atoms with E-state index in [-0.39, 0.29) is 11.3 Å². The van der Waals surface area contributed by atoms with Crippen LogP contribution in [0.3, 0.4) is 0 Å². The van der Waals surface area contributed by atoms with Crippen molar-refractivity contribution in [2.45, 2.75) is 71.6 Å². The summed E-state index contributed by atoms with van der Waals surface area (Å²) in [5.41, 5.74) is 7.36. The quantitative estimate of drug-likeness (QED) is 0.745. The highest BCUT2D eigenvalue weighted by atomic mass is 16.2. The topological polar surface area (TPSA) is 41.1 Å². The lowest BCUT2D eigenvalue weighted by Crippen LogP contribution is -2.53. The normalized spacial score (nSPS) is 47.2. The highest BCUT2D eigenvalue weighted by Gasteiger charge is 2.58. The van der Waals surface area contributed by atoms with Gasteiger partial charge in [-0.05, 0) is 74.0 Å². The van der Waals surface area contributed by atoms with Gasteiger partial charge in [-0.3, -0.25) is 10.2 Å². The molecule has 0 radical (unpaired) electrons. The minimum absolute atomic E-state index is 0.0958. The highest BCUT2D eigenvalue weighted by Crippen LogP contribution is 2.66. The Hall–Kier alpha value is -0.830. The first-order valence-corrected chi connectivity index (χ1v) is 10.2. The molecule has 0 saturated heterocycles. The van der Waals surface area contributed by atoms with Crippen LogP contribution in [0.5, 0.6) is 0 Å². The SMILES string of the molecule is CNNC(=O)C1=CC[C@H]2[C@@H]3CCC4CCCC[C@]4(C)[C@H]3CC[C@]12C. The van der Waals surface area contributed by atoms with Crippen molar-refractivity contribution in [2.24, 2.45) is 34.5 Å². The third-order valence-electron chi connectivity index (χ3n) is 8.65. The molecule has 4 rings (SSSR count). The molecule has 3 saturated carbocycles. The van der Waals surface area contributed by atoms with E-state index in [4.69, 9.17) is 0 Å². The van der Waals surface area contributed by atoms with Crippen molar-refractivity contribution in [1.29, 1.82) is 0 Å². The summed E-state index contributed by atoms with van der Waals surface area (Å²) in [7, 11) is 1.77. The van der Waals surface area contributed by atoms with Gasteiger partial charge in [0.2, 0.25) is 0 Å². The summed E-state index contributed by atoms with van der Waals surface area (Å²) in [5, 5.41) is 0. The summed E-state index contributed by atoms with van der Waals surface area (Å²) < 4.78 is 0. The minimum atomic E-state index is 0.0958. The van der Waals surface area contributed by atoms with E-state index in [2.05, 4.69) is 30.8 Å². The van der Waals surface area contributed by atoms with Crippen LogP contribution in [0.15, 0.2) is 11.6 Å². The number of amides is 1. The first-order valence-electron chi connectivity index (χ1n) is 10.2. The average molecular weight is 331 g/mol. The van der Waals surface area contributed by atoms with Crippen LogP contribution in [0.4, 0.5) is 0 Å². The second-order valence-electron chi connectivity index (χ2n) is 9.42. The average Bonchev–Trinajstić information content (AvgIpc) is 2.92. The predicted octanol–water partition coefficient (Wildman–Crippen LogP) is 4.21. The van der Waals surface area contributed by atoms with E-state index >= 15 is 0 Å². The zero-order chi connectivity index (χ0) is 16.9. The molecule has 0 bridgehead atoms. The van der Waals surface area contributed by atoms with Crippen molar-refractivity contribution in [3.05, 3.63) is 11.6 Å². The van der Waals surface area contributed by atoms with Gasteiger partial charge < -0.3 is 0 Å². The van der Waals surface area contributed by atoms with Gasteiger partial charge in [-0.2, -0.15) is 0 Å². The van der Waals surface area contributed by atoms with Crippen LogP contribution in [0.1, 0.15) is 71.6 Å². The number of hydrogen-bond donors (Lipinski definition) is 2. The fourth-order valence-electron chi connectivity index (χ4n) is 7.40. The molecule has 0 aromatic carbocycles. The molecule has 1 unspecified atom stereocenters. The Morgan fingerprint density at radius 1 is 1.08 bits per heavy atom. The molecule has 6 atom stereocenters. The molecule has 0 spiro atoms. The standard InChI is InChI=1S/C21H34N2O/c1-20-12-5-4-6-14(20)7-8-15-16-9-10-18(19(24)23-22-3)21(16,2)13-11-17(15)20/h10,14-17,22H,4-9,11-13H2,1-3H3,(H,23,24)/t14?,15-,16-,17-,20-,21-/m0/s1. The summed E-state index contributed by atoms with van der Waals surface area (Å²) in [6.45, 7) is 4.99. The molecule has 4 aliphatic rings. The minimum Gasteiger partial charge on any atom is -0.288 e. The van der Waals surface area contributed by atoms with Crippen molar-refractivity contribution in [3.8, 4) is 0 Å². The highest BCUT2D eigenvalue weighted by molar-refractivity contribution is 5.95. The number of carbonyl (C=O) groups excluding carboxylic acids is 1. The summed E-state index contributed by atoms with van der Waals surface area (Å²) in [4.78, 5) is 12.5. The van der Waals surface area contributed by atoms with Crippen molar-refractivity contribution in [2.75, 3.05) is 7.05 Å². The summed E-state index contributed by atoms with van der Waals surface area (Å²) >= 11 is 0. The van der Waals surface area contributed by atoms with Gasteiger partial charge in [-0.1, -0.05) is 32.8 Å². The van der Waals surface area contributed by atoms with Gasteiger partial charge in [-0.25, -0.2) is 5.43 Å². The molecule has 0 aromatic heterocycles. The van der Waals surface area contributed by atoms with Gasteiger partial charge in [0, 0.05) is 18.0 Å². The van der Waals surface area contributed by atoms with E-state index in [1.165, 1.54) is 51.4 Å². The van der Waals surface area contributed by atoms with Gasteiger partial charge in [0.1, 0.15) is 0 Å². The first kappa shape index (κ1) is 16.6. The third-order valence-corrected chi connectivity index (χ3v) is 8.65. The van der Waals surface area contributed by atoms with Crippen LogP contribution >= 0.6 is 0 Å². The van der Waals surface area contributed by atoms with Crippen LogP contribution in [0.25, 0.3) is 0 Å². The van der Waals surface area contributed by atoms with E-state index in [9.17, 15) is 4.79 Å². The molecule has 3 heteroatoms. The van der Waals surface area contributed by atoms with Gasteiger partial charge in [0.25, 0.3) is 5.91 Å². The fraction of sp³-hybridized carbons (Fsp3) is 0.857. The fourth-order valence-corrected chi connectivity index (χ4v) is 7.40. The van der Waals surface area contributed by atoms with Crippen molar-refractivity contribution in [3.63, 3.8) is 0 Å². The van der Waals surface area contributed by atoms with Crippen LogP contribution < -0.4 is 10.9 Å². The summed E-state index contributed by atoms with van der Waals surface area (Å²) in [5.74, 6) is 3.49. The number of fused-ring (bicyclic) bond motifs is 5. The smallest absolute Gasteiger partial charge is 0.261 e. The third kappa shape index (κ3) is 2.23. The molecule has 0 heterocycles. The Morgan fingerprint density at radius 3 is 2.71 bits per heavy atom. The van der Waals surface area contributed by atoms with E-state index in [0.29, 0.717) is 11.3 Å². The zero-order valence-electron chi connectivity index (χ0n) is 15.7. The molecule has 2 N–H and O–H groups in total. The van der Waals surface area contributed by atoms with E-state index in [0.717, 1.165) is 29.7 Å². The molecule has 3 fully saturated rings. The number of allylic oxidation sites excluding steroid dienone is 1. The predicted molar refractivity (Wildman–Crippen MR) is 97.0 cm³/mol. The van der Waals surface area contributed by atoms with Crippen LogP contribution in [-0.4, -0.2) is 13.0 Å². The van der Waals surface area contributed by atoms with Crippen LogP contribution in [0, 0.1) is 34.5 Å². The molecule has 4 aliphatic carbocycles. The van der Waals surface area contributed by atoms with Crippen molar-refractivity contribution < 1.29 is 4.79 Å². The molecule has 134 valence electrons. The molecular formula is C21H34N2O. The Labute approximate surface area is 147 Å². The number of carbonyl (C=O) groups is 1. The van der Waals surface area contributed by atoms with E-state index in [1.807, 2.05) is 0 Å². The Balaban J connectivity index is 1.59.